The topological polar surface area (TPSA) is 0 Å². The van der Waals surface area contributed by atoms with Crippen molar-refractivity contribution in [3.8, 4) is 44.5 Å². The van der Waals surface area contributed by atoms with Crippen molar-refractivity contribution in [3.63, 3.8) is 0 Å². The molecule has 0 heterocycles. The molecule has 0 saturated heterocycles. The summed E-state index contributed by atoms with van der Waals surface area (Å²) in [7, 11) is 0. The molecule has 1 spiro atoms. The van der Waals surface area contributed by atoms with Crippen LogP contribution in [0.25, 0.3) is 87.6 Å². The standard InChI is InChI=1S/C51H30/c1-2-11-31(12-3-1)43-29-38(37-27-35-23-21-33-14-10-15-34-22-24-36(28-37)48(35)47(33)34)30-46-49(43)42-26-25-32-13-4-5-16-39(32)50(42)51(46)44-19-8-6-17-40(44)41-18-7-9-20-45(41)51/h1-30H. The number of hydrogen-bond donors (Lipinski definition) is 0. The fourth-order valence-electron chi connectivity index (χ4n) is 9.97. The van der Waals surface area contributed by atoms with Crippen LogP contribution in [-0.4, -0.2) is 0 Å². The van der Waals surface area contributed by atoms with Gasteiger partial charge in [0.25, 0.3) is 0 Å². The van der Waals surface area contributed by atoms with Gasteiger partial charge < -0.3 is 0 Å². The van der Waals surface area contributed by atoms with Crippen LogP contribution in [0.2, 0.25) is 0 Å². The molecule has 0 unspecified atom stereocenters. The predicted octanol–water partition coefficient (Wildman–Crippen LogP) is 13.4. The zero-order valence-corrected chi connectivity index (χ0v) is 27.8. The Labute approximate surface area is 296 Å². The summed E-state index contributed by atoms with van der Waals surface area (Å²) < 4.78 is 0. The van der Waals surface area contributed by atoms with Crippen molar-refractivity contribution in [3.05, 3.63) is 204 Å². The average molecular weight is 643 g/mol. The van der Waals surface area contributed by atoms with Crippen LogP contribution in [-0.2, 0) is 5.41 Å². The van der Waals surface area contributed by atoms with Gasteiger partial charge in [-0.1, -0.05) is 158 Å². The lowest BCUT2D eigenvalue weighted by atomic mass is 9.69. The van der Waals surface area contributed by atoms with Crippen LogP contribution in [0.4, 0.5) is 0 Å². The molecule has 0 nitrogen and oxygen atoms in total. The minimum atomic E-state index is -0.464. The molecule has 0 radical (unpaired) electrons. The van der Waals surface area contributed by atoms with Crippen molar-refractivity contribution in [2.45, 2.75) is 5.41 Å². The number of rotatable bonds is 2. The summed E-state index contributed by atoms with van der Waals surface area (Å²) in [6, 6.07) is 68.7. The Morgan fingerprint density at radius 3 is 1.57 bits per heavy atom. The SMILES string of the molecule is c1ccc(-c2cc(-c3cc4ccc5cccc6ccc(c3)c4c56)cc3c2-c2ccc4ccccc4c2C32c3ccccc3-c3ccccc32)cc1. The van der Waals surface area contributed by atoms with Gasteiger partial charge in [0.15, 0.2) is 0 Å². The fourth-order valence-corrected chi connectivity index (χ4v) is 9.97. The van der Waals surface area contributed by atoms with Crippen molar-refractivity contribution in [2.24, 2.45) is 0 Å². The summed E-state index contributed by atoms with van der Waals surface area (Å²) in [5.41, 5.74) is 15.4. The van der Waals surface area contributed by atoms with E-state index in [-0.39, 0.29) is 0 Å². The highest BCUT2D eigenvalue weighted by Crippen LogP contribution is 2.65. The third-order valence-electron chi connectivity index (χ3n) is 11.9. The van der Waals surface area contributed by atoms with Crippen molar-refractivity contribution < 1.29 is 0 Å². The van der Waals surface area contributed by atoms with E-state index in [4.69, 9.17) is 0 Å². The van der Waals surface area contributed by atoms with Crippen molar-refractivity contribution in [2.75, 3.05) is 0 Å². The van der Waals surface area contributed by atoms with E-state index in [2.05, 4.69) is 182 Å². The van der Waals surface area contributed by atoms with Crippen LogP contribution in [0.15, 0.2) is 182 Å². The minimum absolute atomic E-state index is 0.464. The number of fused-ring (bicyclic) bond motifs is 12. The molecule has 0 saturated carbocycles. The second-order valence-electron chi connectivity index (χ2n) is 14.4. The first-order valence-electron chi connectivity index (χ1n) is 17.9. The molecule has 0 N–H and O–H groups in total. The molecule has 2 aliphatic rings. The van der Waals surface area contributed by atoms with E-state index in [0.717, 1.165) is 0 Å². The monoisotopic (exact) mass is 642 g/mol. The van der Waals surface area contributed by atoms with E-state index in [1.807, 2.05) is 0 Å². The maximum absolute atomic E-state index is 2.54. The van der Waals surface area contributed by atoms with E-state index in [1.165, 1.54) is 110 Å². The van der Waals surface area contributed by atoms with Gasteiger partial charge in [-0.25, -0.2) is 0 Å². The molecule has 0 aromatic heterocycles. The number of hydrogen-bond acceptors (Lipinski definition) is 0. The molecule has 12 rings (SSSR count). The van der Waals surface area contributed by atoms with E-state index >= 15 is 0 Å². The minimum Gasteiger partial charge on any atom is -0.0622 e. The summed E-state index contributed by atoms with van der Waals surface area (Å²) >= 11 is 0. The molecule has 51 heavy (non-hydrogen) atoms. The van der Waals surface area contributed by atoms with Crippen LogP contribution in [0.1, 0.15) is 22.3 Å². The molecule has 0 fully saturated rings. The molecular weight excluding hydrogens is 613 g/mol. The highest BCUT2D eigenvalue weighted by molar-refractivity contribution is 6.24. The first kappa shape index (κ1) is 27.3. The largest absolute Gasteiger partial charge is 0.0731 e. The molecule has 0 bridgehead atoms. The Morgan fingerprint density at radius 2 is 0.843 bits per heavy atom. The van der Waals surface area contributed by atoms with E-state index in [0.29, 0.717) is 0 Å². The van der Waals surface area contributed by atoms with Gasteiger partial charge in [0.2, 0.25) is 0 Å². The zero-order valence-electron chi connectivity index (χ0n) is 27.8. The summed E-state index contributed by atoms with van der Waals surface area (Å²) in [4.78, 5) is 0. The Hall–Kier alpha value is -6.50. The lowest BCUT2D eigenvalue weighted by Gasteiger charge is -2.32. The van der Waals surface area contributed by atoms with Gasteiger partial charge in [-0.15, -0.1) is 0 Å². The Balaban J connectivity index is 1.25. The third kappa shape index (κ3) is 3.44. The zero-order chi connectivity index (χ0) is 33.3. The first-order valence-corrected chi connectivity index (χ1v) is 17.9. The van der Waals surface area contributed by atoms with Crippen LogP contribution >= 0.6 is 0 Å². The van der Waals surface area contributed by atoms with Gasteiger partial charge in [0.05, 0.1) is 5.41 Å². The van der Waals surface area contributed by atoms with Crippen molar-refractivity contribution in [1.29, 1.82) is 0 Å². The Kier molecular flexibility index (Phi) is 5.26. The highest BCUT2D eigenvalue weighted by atomic mass is 14.5. The summed E-state index contributed by atoms with van der Waals surface area (Å²) in [5, 5.41) is 10.5. The predicted molar refractivity (Wildman–Crippen MR) is 215 cm³/mol. The molecule has 2 aliphatic carbocycles. The average Bonchev–Trinajstić information content (AvgIpc) is 3.67. The van der Waals surface area contributed by atoms with Gasteiger partial charge in [-0.05, 0) is 134 Å². The molecule has 234 valence electrons. The lowest BCUT2D eigenvalue weighted by molar-refractivity contribution is 0.802. The Morgan fingerprint density at radius 1 is 0.294 bits per heavy atom. The smallest absolute Gasteiger partial charge is 0.0622 e. The van der Waals surface area contributed by atoms with E-state index in [1.54, 1.807) is 0 Å². The van der Waals surface area contributed by atoms with Crippen molar-refractivity contribution in [1.82, 2.24) is 0 Å². The van der Waals surface area contributed by atoms with Gasteiger partial charge in [0, 0.05) is 0 Å². The van der Waals surface area contributed by atoms with Gasteiger partial charge in [-0.3, -0.25) is 0 Å². The quantitative estimate of drug-likeness (QED) is 0.165. The van der Waals surface area contributed by atoms with Crippen LogP contribution in [0.3, 0.4) is 0 Å². The summed E-state index contributed by atoms with van der Waals surface area (Å²) in [6.45, 7) is 0. The van der Waals surface area contributed by atoms with Crippen LogP contribution < -0.4 is 0 Å². The molecule has 0 atom stereocenters. The number of benzene rings is 10. The fraction of sp³-hybridized carbons (Fsp3) is 0.0196. The second kappa shape index (κ2) is 9.81. The van der Waals surface area contributed by atoms with E-state index in [9.17, 15) is 0 Å². The van der Waals surface area contributed by atoms with Gasteiger partial charge in [-0.2, -0.15) is 0 Å². The van der Waals surface area contributed by atoms with Crippen LogP contribution in [0.5, 0.6) is 0 Å². The Bertz CT molecular complexity index is 2960. The van der Waals surface area contributed by atoms with E-state index < -0.39 is 5.41 Å². The third-order valence-corrected chi connectivity index (χ3v) is 11.9. The highest BCUT2D eigenvalue weighted by Gasteiger charge is 2.53. The first-order chi connectivity index (χ1) is 25.3. The normalized spacial score (nSPS) is 13.6. The maximum atomic E-state index is 2.54. The van der Waals surface area contributed by atoms with Gasteiger partial charge in [0.1, 0.15) is 0 Å². The van der Waals surface area contributed by atoms with Crippen molar-refractivity contribution >= 4 is 43.1 Å². The lowest BCUT2D eigenvalue weighted by Crippen LogP contribution is -2.26. The molecular formula is C51H30. The molecule has 0 heteroatoms. The van der Waals surface area contributed by atoms with Crippen LogP contribution in [0, 0.1) is 0 Å². The molecule has 0 aliphatic heterocycles. The maximum Gasteiger partial charge on any atom is 0.0731 e. The molecule has 10 aromatic rings. The molecule has 0 amide bonds. The second-order valence-corrected chi connectivity index (χ2v) is 14.4. The molecule has 10 aromatic carbocycles. The summed E-state index contributed by atoms with van der Waals surface area (Å²) in [6.07, 6.45) is 0. The van der Waals surface area contributed by atoms with Gasteiger partial charge >= 0.3 is 0 Å². The summed E-state index contributed by atoms with van der Waals surface area (Å²) in [5.74, 6) is 0.